The van der Waals surface area contributed by atoms with E-state index in [1.165, 1.54) is 12.0 Å². The third kappa shape index (κ3) is 4.68. The molecule has 0 saturated carbocycles. The highest BCUT2D eigenvalue weighted by Crippen LogP contribution is 2.19. The van der Waals surface area contributed by atoms with E-state index in [4.69, 9.17) is 0 Å². The number of hydrogen-bond donors (Lipinski definition) is 2. The number of rotatable bonds is 6. The third-order valence-electron chi connectivity index (χ3n) is 4.27. The second-order valence-corrected chi connectivity index (χ2v) is 6.61. The van der Waals surface area contributed by atoms with Crippen LogP contribution in [0.25, 0.3) is 0 Å². The zero-order chi connectivity index (χ0) is 19.3. The first-order valence-corrected chi connectivity index (χ1v) is 8.76. The second-order valence-electron chi connectivity index (χ2n) is 6.61. The summed E-state index contributed by atoms with van der Waals surface area (Å²) in [5, 5.41) is 4.63. The van der Waals surface area contributed by atoms with Crippen molar-refractivity contribution in [2.75, 3.05) is 13.1 Å². The third-order valence-corrected chi connectivity index (χ3v) is 4.27. The van der Waals surface area contributed by atoms with Crippen LogP contribution >= 0.6 is 0 Å². The predicted octanol–water partition coefficient (Wildman–Crippen LogP) is 0.902. The highest BCUT2D eigenvalue weighted by molar-refractivity contribution is 6.45. The molecule has 0 aromatic carbocycles. The van der Waals surface area contributed by atoms with E-state index in [2.05, 4.69) is 16.7 Å². The van der Waals surface area contributed by atoms with Crippen LogP contribution in [0.5, 0.6) is 0 Å². The van der Waals surface area contributed by atoms with Gasteiger partial charge >= 0.3 is 23.9 Å². The topological polar surface area (TPSA) is 116 Å². The van der Waals surface area contributed by atoms with Crippen LogP contribution in [-0.4, -0.2) is 58.7 Å². The van der Waals surface area contributed by atoms with Crippen molar-refractivity contribution >= 4 is 29.8 Å². The Morgan fingerprint density at radius 3 is 2.46 bits per heavy atom. The fraction of sp³-hybridized carbons (Fsp3) is 0.588. The number of carbonyl (C=O) groups excluding carboxylic acids is 5. The smallest absolute Gasteiger partial charge is 0.334 e. The van der Waals surface area contributed by atoms with Gasteiger partial charge in [0, 0.05) is 12.6 Å². The summed E-state index contributed by atoms with van der Waals surface area (Å²) in [5.41, 5.74) is 1.29. The van der Waals surface area contributed by atoms with Gasteiger partial charge in [-0.25, -0.2) is 14.5 Å². The molecule has 0 radical (unpaired) electrons. The molecule has 1 heterocycles. The quantitative estimate of drug-likeness (QED) is 0.413. The molecule has 1 aliphatic carbocycles. The van der Waals surface area contributed by atoms with Gasteiger partial charge in [0.15, 0.2) is 0 Å². The molecule has 0 bridgehead atoms. The largest absolute Gasteiger partial charge is 0.337 e. The molecule has 2 rings (SSSR count). The fourth-order valence-electron chi connectivity index (χ4n) is 2.94. The SMILES string of the molecule is CC(C)N1C(=O)C(=O)N(CC(=O)NC(=O)NCCC2=CCCCC2)C1=O. The number of hydrogen-bond acceptors (Lipinski definition) is 5. The van der Waals surface area contributed by atoms with E-state index < -0.39 is 42.4 Å². The average molecular weight is 364 g/mol. The number of imide groups is 3. The molecule has 1 fully saturated rings. The van der Waals surface area contributed by atoms with E-state index in [-0.39, 0.29) is 0 Å². The number of amides is 7. The minimum absolute atomic E-state index is 0.395. The van der Waals surface area contributed by atoms with Crippen molar-refractivity contribution in [1.82, 2.24) is 20.4 Å². The Kier molecular flexibility index (Phi) is 6.48. The Labute approximate surface area is 151 Å². The maximum Gasteiger partial charge on any atom is 0.334 e. The molecule has 26 heavy (non-hydrogen) atoms. The lowest BCUT2D eigenvalue weighted by Gasteiger charge is -2.18. The van der Waals surface area contributed by atoms with Crippen LogP contribution in [0.4, 0.5) is 9.59 Å². The molecule has 1 aliphatic heterocycles. The summed E-state index contributed by atoms with van der Waals surface area (Å²) in [4.78, 5) is 60.6. The van der Waals surface area contributed by atoms with Gasteiger partial charge in [-0.05, 0) is 46.0 Å². The molecule has 1 saturated heterocycles. The monoisotopic (exact) mass is 364 g/mol. The summed E-state index contributed by atoms with van der Waals surface area (Å²) in [5.74, 6) is -2.87. The number of nitrogens with one attached hydrogen (secondary N) is 2. The van der Waals surface area contributed by atoms with Crippen molar-refractivity contribution in [3.8, 4) is 0 Å². The van der Waals surface area contributed by atoms with Crippen molar-refractivity contribution in [2.24, 2.45) is 0 Å². The maximum absolute atomic E-state index is 12.1. The molecule has 7 amide bonds. The number of urea groups is 2. The zero-order valence-electron chi connectivity index (χ0n) is 15.0. The van der Waals surface area contributed by atoms with Crippen molar-refractivity contribution < 1.29 is 24.0 Å². The van der Waals surface area contributed by atoms with E-state index in [1.54, 1.807) is 13.8 Å². The number of allylic oxidation sites excluding steroid dienone is 1. The lowest BCUT2D eigenvalue weighted by molar-refractivity contribution is -0.144. The molecule has 0 atom stereocenters. The highest BCUT2D eigenvalue weighted by Gasteiger charge is 2.46. The van der Waals surface area contributed by atoms with Crippen LogP contribution in [0.1, 0.15) is 46.0 Å². The molecule has 0 unspecified atom stereocenters. The average Bonchev–Trinajstić information content (AvgIpc) is 2.79. The molecule has 9 heteroatoms. The predicted molar refractivity (Wildman–Crippen MR) is 91.8 cm³/mol. The van der Waals surface area contributed by atoms with Crippen LogP contribution in [0, 0.1) is 0 Å². The molecule has 142 valence electrons. The van der Waals surface area contributed by atoms with Gasteiger partial charge in [0.05, 0.1) is 0 Å². The van der Waals surface area contributed by atoms with Gasteiger partial charge in [-0.1, -0.05) is 11.6 Å². The molecular weight excluding hydrogens is 340 g/mol. The van der Waals surface area contributed by atoms with Gasteiger partial charge in [-0.15, -0.1) is 0 Å². The molecule has 0 aromatic rings. The highest BCUT2D eigenvalue weighted by atomic mass is 16.2. The normalized spacial score (nSPS) is 17.7. The molecular formula is C17H24N4O5. The van der Waals surface area contributed by atoms with Crippen LogP contribution in [0.2, 0.25) is 0 Å². The van der Waals surface area contributed by atoms with Crippen molar-refractivity contribution in [2.45, 2.75) is 52.0 Å². The van der Waals surface area contributed by atoms with Gasteiger partial charge in [0.2, 0.25) is 5.91 Å². The van der Waals surface area contributed by atoms with Crippen LogP contribution in [-0.2, 0) is 14.4 Å². The van der Waals surface area contributed by atoms with Crippen molar-refractivity contribution in [1.29, 1.82) is 0 Å². The summed E-state index contributed by atoms with van der Waals surface area (Å²) in [7, 11) is 0. The Bertz CT molecular complexity index is 656. The first-order chi connectivity index (χ1) is 12.3. The number of nitrogens with zero attached hydrogens (tertiary/aromatic N) is 2. The summed E-state index contributed by atoms with van der Waals surface area (Å²) < 4.78 is 0. The summed E-state index contributed by atoms with van der Waals surface area (Å²) in [6.45, 7) is 2.89. The van der Waals surface area contributed by atoms with E-state index >= 15 is 0 Å². The Hall–Kier alpha value is -2.71. The first kappa shape index (κ1) is 19.6. The maximum atomic E-state index is 12.1. The van der Waals surface area contributed by atoms with Crippen LogP contribution in [0.15, 0.2) is 11.6 Å². The number of carbonyl (C=O) groups is 5. The molecule has 0 spiro atoms. The molecule has 2 N–H and O–H groups in total. The van der Waals surface area contributed by atoms with Crippen LogP contribution < -0.4 is 10.6 Å². The minimum Gasteiger partial charge on any atom is -0.337 e. The standard InChI is InChI=1S/C17H24N4O5/c1-11(2)21-15(24)14(23)20(17(21)26)10-13(22)19-16(25)18-9-8-12-6-4-3-5-7-12/h6,11H,3-5,7-10H2,1-2H3,(H2,18,19,22,25). The Balaban J connectivity index is 1.78. The summed E-state index contributed by atoms with van der Waals surface area (Å²) in [6, 6.07) is -2.04. The molecule has 0 aromatic heterocycles. The van der Waals surface area contributed by atoms with Gasteiger partial charge in [-0.3, -0.25) is 24.6 Å². The van der Waals surface area contributed by atoms with Gasteiger partial charge in [-0.2, -0.15) is 0 Å². The van der Waals surface area contributed by atoms with E-state index in [9.17, 15) is 24.0 Å². The lowest BCUT2D eigenvalue weighted by Crippen LogP contribution is -2.46. The van der Waals surface area contributed by atoms with E-state index in [0.29, 0.717) is 11.4 Å². The van der Waals surface area contributed by atoms with E-state index in [1.807, 2.05) is 0 Å². The Morgan fingerprint density at radius 2 is 1.88 bits per heavy atom. The first-order valence-electron chi connectivity index (χ1n) is 8.76. The Morgan fingerprint density at radius 1 is 1.15 bits per heavy atom. The fourth-order valence-corrected chi connectivity index (χ4v) is 2.94. The lowest BCUT2D eigenvalue weighted by atomic mass is 9.97. The summed E-state index contributed by atoms with van der Waals surface area (Å²) in [6.07, 6.45) is 7.34. The van der Waals surface area contributed by atoms with Crippen LogP contribution in [0.3, 0.4) is 0 Å². The molecule has 9 nitrogen and oxygen atoms in total. The van der Waals surface area contributed by atoms with Gasteiger partial charge in [0.1, 0.15) is 6.54 Å². The minimum atomic E-state index is -1.07. The van der Waals surface area contributed by atoms with Crippen molar-refractivity contribution in [3.63, 3.8) is 0 Å². The van der Waals surface area contributed by atoms with Gasteiger partial charge < -0.3 is 5.32 Å². The second kappa shape index (κ2) is 8.59. The summed E-state index contributed by atoms with van der Waals surface area (Å²) >= 11 is 0. The van der Waals surface area contributed by atoms with Crippen molar-refractivity contribution in [3.05, 3.63) is 11.6 Å². The zero-order valence-corrected chi connectivity index (χ0v) is 15.0. The van der Waals surface area contributed by atoms with Gasteiger partial charge in [0.25, 0.3) is 0 Å². The molecule has 2 aliphatic rings. The van der Waals surface area contributed by atoms with E-state index in [0.717, 1.165) is 30.6 Å².